The van der Waals surface area contributed by atoms with Gasteiger partial charge in [-0.25, -0.2) is 8.42 Å². The van der Waals surface area contributed by atoms with Gasteiger partial charge in [-0.3, -0.25) is 9.10 Å². The fourth-order valence-electron chi connectivity index (χ4n) is 3.21. The predicted octanol–water partition coefficient (Wildman–Crippen LogP) is 4.52. The van der Waals surface area contributed by atoms with Crippen molar-refractivity contribution in [3.05, 3.63) is 53.6 Å². The number of hydrogen-bond donors (Lipinski definition) is 1. The number of nitrogens with one attached hydrogen (secondary N) is 1. The van der Waals surface area contributed by atoms with Gasteiger partial charge in [-0.1, -0.05) is 25.5 Å². The maximum atomic E-state index is 13.6. The molecule has 6 nitrogen and oxygen atoms in total. The van der Waals surface area contributed by atoms with Gasteiger partial charge in [-0.05, 0) is 56.2 Å². The van der Waals surface area contributed by atoms with Gasteiger partial charge in [0.25, 0.3) is 10.0 Å². The highest BCUT2D eigenvalue weighted by Crippen LogP contribution is 2.35. The molecule has 0 aliphatic heterocycles. The molecule has 1 amide bonds. The molecule has 0 aliphatic rings. The fraction of sp³-hybridized carbons (Fsp3) is 0.409. The van der Waals surface area contributed by atoms with E-state index in [1.165, 1.54) is 25.3 Å². The van der Waals surface area contributed by atoms with E-state index in [0.29, 0.717) is 22.4 Å². The molecule has 0 aliphatic carbocycles. The molecule has 0 saturated carbocycles. The van der Waals surface area contributed by atoms with E-state index in [-0.39, 0.29) is 22.4 Å². The first-order chi connectivity index (χ1) is 14.9. The molecule has 0 unspecified atom stereocenters. The third-order valence-corrected chi connectivity index (χ3v) is 6.56. The molecule has 0 heterocycles. The lowest BCUT2D eigenvalue weighted by Gasteiger charge is -2.26. The number of alkyl halides is 3. The summed E-state index contributed by atoms with van der Waals surface area (Å²) < 4.78 is 72.8. The SMILES string of the molecule is CCC[C@H](C)NC(=O)CN(c1cccc(C(F)(F)F)c1)S(=O)(=O)c1cc(C)ccc1OC. The molecule has 2 rings (SSSR count). The summed E-state index contributed by atoms with van der Waals surface area (Å²) in [5, 5.41) is 2.69. The number of aryl methyl sites for hydroxylation is 1. The molecule has 1 atom stereocenters. The summed E-state index contributed by atoms with van der Waals surface area (Å²) >= 11 is 0. The van der Waals surface area contributed by atoms with Crippen LogP contribution in [0.1, 0.15) is 37.8 Å². The van der Waals surface area contributed by atoms with Gasteiger partial charge in [0.2, 0.25) is 5.91 Å². The van der Waals surface area contributed by atoms with Crippen LogP contribution in [-0.2, 0) is 21.0 Å². The zero-order valence-corrected chi connectivity index (χ0v) is 19.2. The Morgan fingerprint density at radius 3 is 2.47 bits per heavy atom. The normalized spacial score (nSPS) is 12.8. The van der Waals surface area contributed by atoms with E-state index in [4.69, 9.17) is 4.74 Å². The Morgan fingerprint density at radius 1 is 1.19 bits per heavy atom. The van der Waals surface area contributed by atoms with Crippen molar-refractivity contribution in [2.45, 2.75) is 50.7 Å². The summed E-state index contributed by atoms with van der Waals surface area (Å²) in [6, 6.07) is 8.11. The molecule has 0 fully saturated rings. The number of benzene rings is 2. The molecule has 32 heavy (non-hydrogen) atoms. The Labute approximate surface area is 186 Å². The van der Waals surface area contributed by atoms with Crippen LogP contribution in [0.3, 0.4) is 0 Å². The molecular formula is C22H27F3N2O4S. The van der Waals surface area contributed by atoms with E-state index in [9.17, 15) is 26.4 Å². The fourth-order valence-corrected chi connectivity index (χ4v) is 4.87. The monoisotopic (exact) mass is 472 g/mol. The van der Waals surface area contributed by atoms with Gasteiger partial charge in [0, 0.05) is 6.04 Å². The minimum Gasteiger partial charge on any atom is -0.495 e. The van der Waals surface area contributed by atoms with E-state index >= 15 is 0 Å². The van der Waals surface area contributed by atoms with Crippen molar-refractivity contribution in [2.75, 3.05) is 18.0 Å². The van der Waals surface area contributed by atoms with Gasteiger partial charge in [-0.2, -0.15) is 13.2 Å². The van der Waals surface area contributed by atoms with Crippen molar-refractivity contribution in [3.8, 4) is 5.75 Å². The number of carbonyl (C=O) groups excluding carboxylic acids is 1. The first-order valence-electron chi connectivity index (χ1n) is 10.0. The Morgan fingerprint density at radius 2 is 1.88 bits per heavy atom. The molecule has 2 aromatic carbocycles. The van der Waals surface area contributed by atoms with Crippen LogP contribution in [0, 0.1) is 6.92 Å². The van der Waals surface area contributed by atoms with Crippen LogP contribution in [0.2, 0.25) is 0 Å². The van der Waals surface area contributed by atoms with Gasteiger partial charge in [0.15, 0.2) is 0 Å². The smallest absolute Gasteiger partial charge is 0.416 e. The van der Waals surface area contributed by atoms with E-state index in [1.54, 1.807) is 19.9 Å². The van der Waals surface area contributed by atoms with Crippen molar-refractivity contribution >= 4 is 21.6 Å². The summed E-state index contributed by atoms with van der Waals surface area (Å²) in [5.41, 5.74) is -0.692. The zero-order chi connectivity index (χ0) is 24.1. The van der Waals surface area contributed by atoms with Crippen LogP contribution in [0.4, 0.5) is 18.9 Å². The second kappa shape index (κ2) is 10.2. The second-order valence-electron chi connectivity index (χ2n) is 7.47. The van der Waals surface area contributed by atoms with Crippen molar-refractivity contribution in [1.29, 1.82) is 0 Å². The van der Waals surface area contributed by atoms with Gasteiger partial charge < -0.3 is 10.1 Å². The summed E-state index contributed by atoms with van der Waals surface area (Å²) in [5.74, 6) is -0.606. The van der Waals surface area contributed by atoms with Gasteiger partial charge in [0.05, 0.1) is 18.4 Å². The molecule has 0 spiro atoms. The topological polar surface area (TPSA) is 75.7 Å². The Balaban J connectivity index is 2.59. The first-order valence-corrected chi connectivity index (χ1v) is 11.5. The molecule has 1 N–H and O–H groups in total. The van der Waals surface area contributed by atoms with Crippen LogP contribution < -0.4 is 14.4 Å². The lowest BCUT2D eigenvalue weighted by Crippen LogP contribution is -2.43. The lowest BCUT2D eigenvalue weighted by molar-refractivity contribution is -0.137. The lowest BCUT2D eigenvalue weighted by atomic mass is 10.2. The van der Waals surface area contributed by atoms with Gasteiger partial charge in [0.1, 0.15) is 17.2 Å². The first kappa shape index (κ1) is 25.5. The molecule has 2 aromatic rings. The number of sulfonamides is 1. The number of hydrogen-bond acceptors (Lipinski definition) is 4. The number of ether oxygens (including phenoxy) is 1. The number of nitrogens with zero attached hydrogens (tertiary/aromatic N) is 1. The molecule has 0 saturated heterocycles. The summed E-state index contributed by atoms with van der Waals surface area (Å²) in [4.78, 5) is 12.4. The Bertz CT molecular complexity index is 1060. The third kappa shape index (κ3) is 6.15. The predicted molar refractivity (Wildman–Crippen MR) is 116 cm³/mol. The maximum Gasteiger partial charge on any atom is 0.416 e. The van der Waals surface area contributed by atoms with Crippen LogP contribution in [0.15, 0.2) is 47.4 Å². The van der Waals surface area contributed by atoms with E-state index in [1.807, 2.05) is 6.92 Å². The van der Waals surface area contributed by atoms with Crippen LogP contribution >= 0.6 is 0 Å². The van der Waals surface area contributed by atoms with E-state index in [2.05, 4.69) is 5.32 Å². The number of halogens is 3. The molecular weight excluding hydrogens is 445 g/mol. The van der Waals surface area contributed by atoms with Crippen LogP contribution in [0.25, 0.3) is 0 Å². The summed E-state index contributed by atoms with van der Waals surface area (Å²) in [7, 11) is -3.16. The molecule has 0 aromatic heterocycles. The zero-order valence-electron chi connectivity index (χ0n) is 18.4. The highest BCUT2D eigenvalue weighted by molar-refractivity contribution is 7.93. The summed E-state index contributed by atoms with van der Waals surface area (Å²) in [6.45, 7) is 4.70. The van der Waals surface area contributed by atoms with Crippen molar-refractivity contribution in [1.82, 2.24) is 5.32 Å². The highest BCUT2D eigenvalue weighted by Gasteiger charge is 2.34. The average molecular weight is 473 g/mol. The van der Waals surface area contributed by atoms with Gasteiger partial charge in [-0.15, -0.1) is 0 Å². The number of rotatable bonds is 9. The van der Waals surface area contributed by atoms with Crippen molar-refractivity contribution in [2.24, 2.45) is 0 Å². The third-order valence-electron chi connectivity index (χ3n) is 4.76. The highest BCUT2D eigenvalue weighted by atomic mass is 32.2. The number of anilines is 1. The minimum atomic E-state index is -4.68. The number of carbonyl (C=O) groups is 1. The van der Waals surface area contributed by atoms with Crippen LogP contribution in [0.5, 0.6) is 5.75 Å². The molecule has 176 valence electrons. The van der Waals surface area contributed by atoms with Crippen molar-refractivity contribution in [3.63, 3.8) is 0 Å². The molecule has 0 bridgehead atoms. The summed E-state index contributed by atoms with van der Waals surface area (Å²) in [6.07, 6.45) is -3.20. The molecule has 10 heteroatoms. The van der Waals surface area contributed by atoms with Crippen molar-refractivity contribution < 1.29 is 31.1 Å². The standard InChI is InChI=1S/C22H27F3N2O4S/c1-5-7-16(3)26-21(28)14-27(18-9-6-8-17(13-18)22(23,24)25)32(29,30)20-12-15(2)10-11-19(20)31-4/h6,8-13,16H,5,7,14H2,1-4H3,(H,26,28)/t16-/m0/s1. The number of amides is 1. The van der Waals surface area contributed by atoms with Crippen LogP contribution in [-0.4, -0.2) is 34.0 Å². The molecule has 0 radical (unpaired) electrons. The van der Waals surface area contributed by atoms with E-state index in [0.717, 1.165) is 18.6 Å². The second-order valence-corrected chi connectivity index (χ2v) is 9.30. The van der Waals surface area contributed by atoms with Gasteiger partial charge >= 0.3 is 6.18 Å². The maximum absolute atomic E-state index is 13.6. The Hall–Kier alpha value is -2.75. The minimum absolute atomic E-state index is 0.0207. The average Bonchev–Trinajstić information content (AvgIpc) is 2.71. The number of methoxy groups -OCH3 is 1. The quantitative estimate of drug-likeness (QED) is 0.582. The van der Waals surface area contributed by atoms with E-state index < -0.39 is 34.2 Å². The Kier molecular flexibility index (Phi) is 8.17. The largest absolute Gasteiger partial charge is 0.495 e.